The minimum Gasteiger partial charge on any atom is -0.507 e. The van der Waals surface area contributed by atoms with Gasteiger partial charge < -0.3 is 24.5 Å². The number of Topliss-reactive ketones (excluding diaryl/α,β-unsaturated/α-hetero) is 1. The quantitative estimate of drug-likeness (QED) is 0.200. The average molecular weight is 494 g/mol. The summed E-state index contributed by atoms with van der Waals surface area (Å²) in [6.07, 6.45) is 1.94. The third kappa shape index (κ3) is 6.08. The van der Waals surface area contributed by atoms with Crippen molar-refractivity contribution in [3.05, 3.63) is 65.2 Å². The van der Waals surface area contributed by atoms with Crippen LogP contribution in [0.15, 0.2) is 54.1 Å². The number of amides is 1. The van der Waals surface area contributed by atoms with Gasteiger partial charge in [0.2, 0.25) is 0 Å². The number of hydrogen-bond donors (Lipinski definition) is 1. The van der Waals surface area contributed by atoms with Crippen molar-refractivity contribution in [2.45, 2.75) is 39.7 Å². The lowest BCUT2D eigenvalue weighted by molar-refractivity contribution is -0.140. The first-order valence-corrected chi connectivity index (χ1v) is 12.8. The van der Waals surface area contributed by atoms with Crippen LogP contribution in [0.4, 0.5) is 5.69 Å². The lowest BCUT2D eigenvalue weighted by atomic mass is 9.95. The Balaban J connectivity index is 2.05. The molecule has 1 amide bonds. The molecule has 1 heterocycles. The van der Waals surface area contributed by atoms with Gasteiger partial charge in [-0.2, -0.15) is 0 Å². The van der Waals surface area contributed by atoms with Crippen molar-refractivity contribution in [2.24, 2.45) is 0 Å². The van der Waals surface area contributed by atoms with Gasteiger partial charge in [-0.05, 0) is 49.3 Å². The van der Waals surface area contributed by atoms with E-state index in [0.717, 1.165) is 37.2 Å². The molecule has 7 heteroatoms. The summed E-state index contributed by atoms with van der Waals surface area (Å²) in [5.41, 5.74) is 2.37. The number of hydrogen-bond acceptors (Lipinski definition) is 6. The first kappa shape index (κ1) is 27.3. The summed E-state index contributed by atoms with van der Waals surface area (Å²) in [4.78, 5) is 32.3. The second-order valence-corrected chi connectivity index (χ2v) is 9.24. The van der Waals surface area contributed by atoms with Gasteiger partial charge in [0.05, 0.1) is 18.2 Å². The maximum Gasteiger partial charge on any atom is 0.295 e. The van der Waals surface area contributed by atoms with Gasteiger partial charge in [-0.15, -0.1) is 0 Å². The van der Waals surface area contributed by atoms with Gasteiger partial charge in [-0.1, -0.05) is 51.5 Å². The first-order chi connectivity index (χ1) is 17.3. The van der Waals surface area contributed by atoms with Crippen molar-refractivity contribution >= 4 is 23.1 Å². The van der Waals surface area contributed by atoms with Crippen molar-refractivity contribution in [3.63, 3.8) is 0 Å². The third-order valence-corrected chi connectivity index (χ3v) is 6.69. The number of carbonyl (C=O) groups is 2. The number of aliphatic hydroxyl groups is 1. The molecule has 0 bridgehead atoms. The van der Waals surface area contributed by atoms with Gasteiger partial charge >= 0.3 is 0 Å². The summed E-state index contributed by atoms with van der Waals surface area (Å²) >= 11 is 0. The minimum absolute atomic E-state index is 0.114. The van der Waals surface area contributed by atoms with E-state index in [1.165, 1.54) is 0 Å². The summed E-state index contributed by atoms with van der Waals surface area (Å²) in [5, 5.41) is 11.4. The van der Waals surface area contributed by atoms with E-state index in [1.54, 1.807) is 23.1 Å². The topological polar surface area (TPSA) is 73.3 Å². The third-order valence-electron chi connectivity index (χ3n) is 6.69. The fraction of sp³-hybridized carbons (Fsp3) is 0.448. The van der Waals surface area contributed by atoms with E-state index in [1.807, 2.05) is 49.3 Å². The molecule has 1 N–H and O–H groups in total. The van der Waals surface area contributed by atoms with Gasteiger partial charge in [0, 0.05) is 38.4 Å². The van der Waals surface area contributed by atoms with Crippen LogP contribution in [-0.4, -0.2) is 73.5 Å². The zero-order valence-corrected chi connectivity index (χ0v) is 22.2. The Morgan fingerprint density at radius 1 is 1.03 bits per heavy atom. The Morgan fingerprint density at radius 3 is 2.33 bits per heavy atom. The van der Waals surface area contributed by atoms with Crippen molar-refractivity contribution in [3.8, 4) is 5.75 Å². The molecule has 3 rings (SSSR count). The summed E-state index contributed by atoms with van der Waals surface area (Å²) in [5.74, 6) is -0.803. The smallest absolute Gasteiger partial charge is 0.295 e. The summed E-state index contributed by atoms with van der Waals surface area (Å²) in [6, 6.07) is 14.2. The molecule has 36 heavy (non-hydrogen) atoms. The second-order valence-electron chi connectivity index (χ2n) is 9.24. The lowest BCUT2D eigenvalue weighted by Crippen LogP contribution is -2.38. The number of anilines is 1. The van der Waals surface area contributed by atoms with Crippen molar-refractivity contribution < 1.29 is 19.4 Å². The van der Waals surface area contributed by atoms with Gasteiger partial charge in [0.1, 0.15) is 11.5 Å². The van der Waals surface area contributed by atoms with E-state index in [4.69, 9.17) is 4.74 Å². The molecule has 1 fully saturated rings. The number of aliphatic hydroxyl groups excluding tert-OH is 1. The molecular weight excluding hydrogens is 454 g/mol. The molecule has 0 aromatic heterocycles. The molecule has 2 aromatic rings. The maximum atomic E-state index is 13.3. The Kier molecular flexibility index (Phi) is 9.53. The number of carbonyl (C=O) groups excluding carboxylic acids is 2. The van der Waals surface area contributed by atoms with Gasteiger partial charge in [-0.25, -0.2) is 0 Å². The molecule has 1 saturated heterocycles. The van der Waals surface area contributed by atoms with Crippen LogP contribution in [-0.2, 0) is 9.59 Å². The predicted octanol–water partition coefficient (Wildman–Crippen LogP) is 4.70. The Bertz CT molecular complexity index is 1070. The van der Waals surface area contributed by atoms with Crippen LogP contribution in [0.25, 0.3) is 5.76 Å². The van der Waals surface area contributed by atoms with E-state index in [-0.39, 0.29) is 11.3 Å². The van der Waals surface area contributed by atoms with E-state index in [2.05, 4.69) is 25.7 Å². The predicted molar refractivity (Wildman–Crippen MR) is 144 cm³/mol. The van der Waals surface area contributed by atoms with Crippen LogP contribution >= 0.6 is 0 Å². The number of benzene rings is 2. The summed E-state index contributed by atoms with van der Waals surface area (Å²) in [7, 11) is 3.92. The highest BCUT2D eigenvalue weighted by atomic mass is 16.5. The van der Waals surface area contributed by atoms with Gasteiger partial charge in [-0.3, -0.25) is 9.59 Å². The number of ether oxygens (including phenoxy) is 1. The zero-order valence-electron chi connectivity index (χ0n) is 22.2. The highest BCUT2D eigenvalue weighted by Crippen LogP contribution is 2.40. The number of rotatable bonds is 12. The van der Waals surface area contributed by atoms with Crippen molar-refractivity contribution in [2.75, 3.05) is 51.8 Å². The maximum absolute atomic E-state index is 13.3. The standard InChI is InChI=1S/C29H39N3O4/c1-6-9-19-36-24-12-10-11-22(20-24)27(33)25-26(21-13-15-23(16-14-21)30(4)5)32(29(35)28(25)34)18-17-31(7-2)8-3/h10-16,20,26,33H,6-9,17-19H2,1-5H3/b27-25+. The minimum atomic E-state index is -0.665. The fourth-order valence-corrected chi connectivity index (χ4v) is 4.42. The normalized spacial score (nSPS) is 17.2. The molecule has 1 unspecified atom stereocenters. The average Bonchev–Trinajstić information content (AvgIpc) is 3.14. The van der Waals surface area contributed by atoms with Crippen LogP contribution < -0.4 is 9.64 Å². The van der Waals surface area contributed by atoms with E-state index in [0.29, 0.717) is 31.0 Å². The van der Waals surface area contributed by atoms with Crippen LogP contribution in [0.2, 0.25) is 0 Å². The summed E-state index contributed by atoms with van der Waals surface area (Å²) in [6.45, 7) is 9.57. The molecule has 1 aliphatic rings. The number of likely N-dealkylation sites (N-methyl/N-ethyl adjacent to an activating group) is 1. The number of ketones is 1. The molecule has 0 saturated carbocycles. The highest BCUT2D eigenvalue weighted by Gasteiger charge is 2.46. The van der Waals surface area contributed by atoms with Crippen LogP contribution in [0.3, 0.4) is 0 Å². The molecule has 0 aliphatic carbocycles. The van der Waals surface area contributed by atoms with E-state index < -0.39 is 17.7 Å². The van der Waals surface area contributed by atoms with Gasteiger partial charge in [0.25, 0.3) is 11.7 Å². The first-order valence-electron chi connectivity index (χ1n) is 12.8. The molecule has 0 spiro atoms. The van der Waals surface area contributed by atoms with Crippen LogP contribution in [0, 0.1) is 0 Å². The highest BCUT2D eigenvalue weighted by molar-refractivity contribution is 6.46. The van der Waals surface area contributed by atoms with Crippen LogP contribution in [0.1, 0.15) is 50.8 Å². The number of unbranched alkanes of at least 4 members (excludes halogenated alkanes) is 1. The van der Waals surface area contributed by atoms with Crippen molar-refractivity contribution in [1.82, 2.24) is 9.80 Å². The molecule has 0 radical (unpaired) electrons. The number of nitrogens with zero attached hydrogens (tertiary/aromatic N) is 3. The lowest BCUT2D eigenvalue weighted by Gasteiger charge is -2.28. The molecular formula is C29H39N3O4. The molecule has 1 atom stereocenters. The molecule has 1 aliphatic heterocycles. The molecule has 194 valence electrons. The molecule has 7 nitrogen and oxygen atoms in total. The van der Waals surface area contributed by atoms with Gasteiger partial charge in [0.15, 0.2) is 0 Å². The Hall–Kier alpha value is -3.32. The Morgan fingerprint density at radius 2 is 1.72 bits per heavy atom. The molecule has 2 aromatic carbocycles. The monoisotopic (exact) mass is 493 g/mol. The number of likely N-dealkylation sites (tertiary alicyclic amines) is 1. The van der Waals surface area contributed by atoms with Crippen molar-refractivity contribution in [1.29, 1.82) is 0 Å². The zero-order chi connectivity index (χ0) is 26.2. The summed E-state index contributed by atoms with van der Waals surface area (Å²) < 4.78 is 5.80. The fourth-order valence-electron chi connectivity index (χ4n) is 4.42. The second kappa shape index (κ2) is 12.6. The van der Waals surface area contributed by atoms with E-state index in [9.17, 15) is 14.7 Å². The largest absolute Gasteiger partial charge is 0.507 e. The van der Waals surface area contributed by atoms with E-state index >= 15 is 0 Å². The van der Waals surface area contributed by atoms with Crippen LogP contribution in [0.5, 0.6) is 5.75 Å². The Labute approximate surface area is 215 Å². The SMILES string of the molecule is CCCCOc1cccc(/C(O)=C2\C(=O)C(=O)N(CCN(CC)CC)C2c2ccc(N(C)C)cc2)c1.